The molecule has 0 N–H and O–H groups in total. The maximum absolute atomic E-state index is 12.7. The predicted octanol–water partition coefficient (Wildman–Crippen LogP) is 5.03. The van der Waals surface area contributed by atoms with Crippen LogP contribution in [0.3, 0.4) is 0 Å². The van der Waals surface area contributed by atoms with Crippen LogP contribution in [0.25, 0.3) is 17.4 Å². The monoisotopic (exact) mass is 412 g/mol. The maximum atomic E-state index is 12.7. The van der Waals surface area contributed by atoms with Gasteiger partial charge in [-0.05, 0) is 42.8 Å². The number of carbonyl (C=O) groups excluding carboxylic acids is 2. The standard InChI is InChI=1S/C21H14Cl2N2O3/c1-3-9-25-20(26)15(12(2)16(11-24)21(25)27)10-13-7-8-18(28-13)14-5-4-6-17(22)19(14)23/h3-8,10H,1,9H2,2H3/b15-10+. The van der Waals surface area contributed by atoms with Crippen LogP contribution < -0.4 is 0 Å². The van der Waals surface area contributed by atoms with E-state index in [-0.39, 0.29) is 17.7 Å². The van der Waals surface area contributed by atoms with E-state index in [1.807, 2.05) is 6.07 Å². The molecule has 2 heterocycles. The van der Waals surface area contributed by atoms with Crippen molar-refractivity contribution in [2.24, 2.45) is 0 Å². The highest BCUT2D eigenvalue weighted by Gasteiger charge is 2.34. The fraction of sp³-hybridized carbons (Fsp3) is 0.0952. The zero-order valence-corrected chi connectivity index (χ0v) is 16.3. The summed E-state index contributed by atoms with van der Waals surface area (Å²) < 4.78 is 5.80. The summed E-state index contributed by atoms with van der Waals surface area (Å²) in [6.07, 6.45) is 2.93. The van der Waals surface area contributed by atoms with Gasteiger partial charge >= 0.3 is 0 Å². The van der Waals surface area contributed by atoms with Gasteiger partial charge in [0, 0.05) is 17.7 Å². The van der Waals surface area contributed by atoms with Gasteiger partial charge in [-0.15, -0.1) is 6.58 Å². The van der Waals surface area contributed by atoms with Crippen molar-refractivity contribution in [2.45, 2.75) is 6.92 Å². The molecule has 1 aliphatic heterocycles. The number of hydrogen-bond donors (Lipinski definition) is 0. The highest BCUT2D eigenvalue weighted by molar-refractivity contribution is 6.43. The third-order valence-corrected chi connectivity index (χ3v) is 5.09. The van der Waals surface area contributed by atoms with Crippen LogP contribution in [0.4, 0.5) is 0 Å². The molecule has 0 saturated carbocycles. The molecule has 0 spiro atoms. The number of halogens is 2. The Morgan fingerprint density at radius 2 is 1.96 bits per heavy atom. The first kappa shape index (κ1) is 19.7. The van der Waals surface area contributed by atoms with Crippen molar-refractivity contribution in [3.63, 3.8) is 0 Å². The van der Waals surface area contributed by atoms with Gasteiger partial charge in [0.15, 0.2) is 0 Å². The molecule has 7 heteroatoms. The molecule has 0 aliphatic carbocycles. The molecule has 0 radical (unpaired) electrons. The van der Waals surface area contributed by atoms with Crippen LogP contribution in [0, 0.1) is 11.3 Å². The number of furan rings is 1. The van der Waals surface area contributed by atoms with Gasteiger partial charge in [-0.2, -0.15) is 5.26 Å². The Labute approximate surface area is 171 Å². The summed E-state index contributed by atoms with van der Waals surface area (Å²) in [7, 11) is 0. The molecule has 0 saturated heterocycles. The van der Waals surface area contributed by atoms with E-state index in [9.17, 15) is 14.9 Å². The van der Waals surface area contributed by atoms with E-state index in [0.717, 1.165) is 4.90 Å². The zero-order valence-electron chi connectivity index (χ0n) is 14.8. The van der Waals surface area contributed by atoms with Gasteiger partial charge < -0.3 is 4.42 Å². The maximum Gasteiger partial charge on any atom is 0.271 e. The van der Waals surface area contributed by atoms with Crippen molar-refractivity contribution in [1.82, 2.24) is 4.90 Å². The first-order valence-corrected chi connectivity index (χ1v) is 8.99. The first-order valence-electron chi connectivity index (χ1n) is 8.23. The summed E-state index contributed by atoms with van der Waals surface area (Å²) in [5, 5.41) is 10.1. The molecule has 3 rings (SSSR count). The highest BCUT2D eigenvalue weighted by Crippen LogP contribution is 2.35. The van der Waals surface area contributed by atoms with Crippen LogP contribution >= 0.6 is 23.2 Å². The number of amides is 2. The number of imide groups is 1. The number of nitrogens with zero attached hydrogens (tertiary/aromatic N) is 2. The summed E-state index contributed by atoms with van der Waals surface area (Å²) in [6.45, 7) is 5.12. The lowest BCUT2D eigenvalue weighted by molar-refractivity contribution is -0.139. The number of benzene rings is 1. The Balaban J connectivity index is 2.06. The number of carbonyl (C=O) groups is 2. The Morgan fingerprint density at radius 1 is 1.21 bits per heavy atom. The molecule has 0 fully saturated rings. The normalized spacial score (nSPS) is 15.9. The molecule has 1 aromatic carbocycles. The van der Waals surface area contributed by atoms with Gasteiger partial charge in [0.1, 0.15) is 23.2 Å². The molecule has 2 amide bonds. The summed E-state index contributed by atoms with van der Waals surface area (Å²) in [4.78, 5) is 26.0. The lowest BCUT2D eigenvalue weighted by atomic mass is 9.94. The fourth-order valence-corrected chi connectivity index (χ4v) is 3.23. The topological polar surface area (TPSA) is 74.3 Å². The minimum atomic E-state index is -0.632. The summed E-state index contributed by atoms with van der Waals surface area (Å²) in [5.41, 5.74) is 1.03. The largest absolute Gasteiger partial charge is 0.457 e. The molecule has 0 bridgehead atoms. The van der Waals surface area contributed by atoms with Crippen LogP contribution in [0.1, 0.15) is 12.7 Å². The second-order valence-electron chi connectivity index (χ2n) is 5.98. The predicted molar refractivity (Wildman–Crippen MR) is 107 cm³/mol. The van der Waals surface area contributed by atoms with E-state index in [1.165, 1.54) is 12.2 Å². The fourth-order valence-electron chi connectivity index (χ4n) is 2.84. The lowest BCUT2D eigenvalue weighted by Crippen LogP contribution is -2.42. The van der Waals surface area contributed by atoms with Crippen molar-refractivity contribution < 1.29 is 14.0 Å². The van der Waals surface area contributed by atoms with E-state index in [0.29, 0.717) is 32.7 Å². The second kappa shape index (κ2) is 7.89. The van der Waals surface area contributed by atoms with E-state index in [2.05, 4.69) is 6.58 Å². The molecule has 0 atom stereocenters. The molecule has 1 aliphatic rings. The van der Waals surface area contributed by atoms with Crippen molar-refractivity contribution in [1.29, 1.82) is 5.26 Å². The summed E-state index contributed by atoms with van der Waals surface area (Å²) in [5.74, 6) is -0.296. The SMILES string of the molecule is C=CCN1C(=O)C(C#N)=C(C)/C(=C\c2ccc(-c3cccc(Cl)c3Cl)o2)C1=O. The number of hydrogen-bond acceptors (Lipinski definition) is 4. The zero-order chi connectivity index (χ0) is 20.4. The van der Waals surface area contributed by atoms with Crippen molar-refractivity contribution in [3.8, 4) is 17.4 Å². The number of nitriles is 1. The van der Waals surface area contributed by atoms with Crippen molar-refractivity contribution >= 4 is 41.1 Å². The molecule has 1 aromatic heterocycles. The average molecular weight is 413 g/mol. The molecule has 5 nitrogen and oxygen atoms in total. The van der Waals surface area contributed by atoms with Crippen LogP contribution in [-0.4, -0.2) is 23.3 Å². The van der Waals surface area contributed by atoms with E-state index in [1.54, 1.807) is 37.3 Å². The van der Waals surface area contributed by atoms with Crippen molar-refractivity contribution in [3.05, 3.63) is 75.5 Å². The minimum Gasteiger partial charge on any atom is -0.457 e. The van der Waals surface area contributed by atoms with E-state index in [4.69, 9.17) is 27.6 Å². The smallest absolute Gasteiger partial charge is 0.271 e. The van der Waals surface area contributed by atoms with Gasteiger partial charge in [0.05, 0.1) is 10.0 Å². The van der Waals surface area contributed by atoms with E-state index >= 15 is 0 Å². The minimum absolute atomic E-state index is 0.00892. The molecular formula is C21H14Cl2N2O3. The highest BCUT2D eigenvalue weighted by atomic mass is 35.5. The molecular weight excluding hydrogens is 399 g/mol. The Morgan fingerprint density at radius 3 is 2.64 bits per heavy atom. The third kappa shape index (κ3) is 3.40. The van der Waals surface area contributed by atoms with Gasteiger partial charge in [0.2, 0.25) is 0 Å². The Bertz CT molecular complexity index is 1100. The van der Waals surface area contributed by atoms with Gasteiger partial charge in [0.25, 0.3) is 11.8 Å². The molecule has 28 heavy (non-hydrogen) atoms. The van der Waals surface area contributed by atoms with Crippen LogP contribution in [0.15, 0.2) is 64.1 Å². The summed E-state index contributed by atoms with van der Waals surface area (Å²) >= 11 is 12.3. The Kier molecular flexibility index (Phi) is 5.55. The van der Waals surface area contributed by atoms with Crippen LogP contribution in [-0.2, 0) is 9.59 Å². The van der Waals surface area contributed by atoms with Gasteiger partial charge in [-0.25, -0.2) is 0 Å². The average Bonchev–Trinajstić information content (AvgIpc) is 3.13. The van der Waals surface area contributed by atoms with Gasteiger partial charge in [-0.3, -0.25) is 14.5 Å². The third-order valence-electron chi connectivity index (χ3n) is 4.27. The second-order valence-corrected chi connectivity index (χ2v) is 6.77. The molecule has 140 valence electrons. The molecule has 0 unspecified atom stereocenters. The first-order chi connectivity index (χ1) is 13.4. The number of rotatable bonds is 4. The van der Waals surface area contributed by atoms with Crippen LogP contribution in [0.2, 0.25) is 10.0 Å². The lowest BCUT2D eigenvalue weighted by Gasteiger charge is -2.26. The summed E-state index contributed by atoms with van der Waals surface area (Å²) in [6, 6.07) is 10.4. The van der Waals surface area contributed by atoms with Crippen LogP contribution in [0.5, 0.6) is 0 Å². The quantitative estimate of drug-likeness (QED) is 0.400. The van der Waals surface area contributed by atoms with Gasteiger partial charge in [-0.1, -0.05) is 35.3 Å². The molecule has 2 aromatic rings. The Hall–Kier alpha value is -3.07. The van der Waals surface area contributed by atoms with E-state index < -0.39 is 11.8 Å². The van der Waals surface area contributed by atoms with Crippen molar-refractivity contribution in [2.75, 3.05) is 6.54 Å².